The van der Waals surface area contributed by atoms with Crippen LogP contribution in [0.4, 0.5) is 5.69 Å². The fourth-order valence-corrected chi connectivity index (χ4v) is 1.73. The number of oxime groups is 1. The Morgan fingerprint density at radius 2 is 1.91 bits per heavy atom. The van der Waals surface area contributed by atoms with Gasteiger partial charge in [0.05, 0.1) is 16.7 Å². The van der Waals surface area contributed by atoms with Gasteiger partial charge in [-0.25, -0.2) is 0 Å². The molecule has 0 fully saturated rings. The van der Waals surface area contributed by atoms with Crippen LogP contribution < -0.4 is 5.73 Å². The molecule has 2 aromatic carbocycles. The molecule has 7 heteroatoms. The van der Waals surface area contributed by atoms with Crippen LogP contribution in [-0.4, -0.2) is 17.0 Å². The molecule has 0 saturated carbocycles. The maximum atomic E-state index is 10.9. The Balaban J connectivity index is 1.96. The first kappa shape index (κ1) is 15.2. The number of benzene rings is 2. The van der Waals surface area contributed by atoms with E-state index in [1.54, 1.807) is 42.5 Å². The van der Waals surface area contributed by atoms with E-state index in [0.717, 1.165) is 5.56 Å². The minimum absolute atomic E-state index is 0.0411. The SMILES string of the molecule is NC(=O)c1ccc(CO/N=C/c2ccccc2[N+](=O)[O-])cc1. The molecule has 0 aromatic heterocycles. The quantitative estimate of drug-likeness (QED) is 0.501. The number of amides is 1. The van der Waals surface area contributed by atoms with Gasteiger partial charge in [0.1, 0.15) is 6.61 Å². The van der Waals surface area contributed by atoms with E-state index in [9.17, 15) is 14.9 Å². The fourth-order valence-electron chi connectivity index (χ4n) is 1.73. The highest BCUT2D eigenvalue weighted by Gasteiger charge is 2.09. The van der Waals surface area contributed by atoms with Crippen LogP contribution in [0.15, 0.2) is 53.7 Å². The van der Waals surface area contributed by atoms with Crippen molar-refractivity contribution in [1.29, 1.82) is 0 Å². The summed E-state index contributed by atoms with van der Waals surface area (Å²) in [6, 6.07) is 12.8. The maximum Gasteiger partial charge on any atom is 0.278 e. The Labute approximate surface area is 126 Å². The Kier molecular flexibility index (Phi) is 4.81. The van der Waals surface area contributed by atoms with Crippen molar-refractivity contribution in [2.75, 3.05) is 0 Å². The molecule has 2 N–H and O–H groups in total. The summed E-state index contributed by atoms with van der Waals surface area (Å²) in [6.45, 7) is 0.177. The molecule has 0 atom stereocenters. The minimum Gasteiger partial charge on any atom is -0.391 e. The molecule has 7 nitrogen and oxygen atoms in total. The monoisotopic (exact) mass is 299 g/mol. The van der Waals surface area contributed by atoms with Crippen molar-refractivity contribution in [1.82, 2.24) is 0 Å². The van der Waals surface area contributed by atoms with E-state index in [4.69, 9.17) is 10.6 Å². The standard InChI is InChI=1S/C15H13N3O4/c16-15(19)12-7-5-11(6-8-12)10-22-17-9-13-3-1-2-4-14(13)18(20)21/h1-9H,10H2,(H2,16,19)/b17-9+. The van der Waals surface area contributed by atoms with E-state index in [1.807, 2.05) is 0 Å². The third-order valence-electron chi connectivity index (χ3n) is 2.87. The van der Waals surface area contributed by atoms with Crippen molar-refractivity contribution in [3.05, 3.63) is 75.3 Å². The van der Waals surface area contributed by atoms with Crippen LogP contribution in [0.2, 0.25) is 0 Å². The van der Waals surface area contributed by atoms with Crippen molar-refractivity contribution in [3.63, 3.8) is 0 Å². The number of carbonyl (C=O) groups excluding carboxylic acids is 1. The average molecular weight is 299 g/mol. The summed E-state index contributed by atoms with van der Waals surface area (Å²) in [7, 11) is 0. The Morgan fingerprint density at radius 3 is 2.55 bits per heavy atom. The minimum atomic E-state index is -0.498. The number of para-hydroxylation sites is 1. The molecule has 0 aliphatic carbocycles. The number of rotatable bonds is 6. The number of nitro benzene ring substituents is 1. The van der Waals surface area contributed by atoms with Crippen LogP contribution in [0.1, 0.15) is 21.5 Å². The highest BCUT2D eigenvalue weighted by Crippen LogP contribution is 2.15. The van der Waals surface area contributed by atoms with Crippen LogP contribution >= 0.6 is 0 Å². The zero-order valence-corrected chi connectivity index (χ0v) is 11.5. The Morgan fingerprint density at radius 1 is 1.23 bits per heavy atom. The average Bonchev–Trinajstić information content (AvgIpc) is 2.52. The predicted octanol–water partition coefficient (Wildman–Crippen LogP) is 2.24. The summed E-state index contributed by atoms with van der Waals surface area (Å²) >= 11 is 0. The van der Waals surface area contributed by atoms with Crippen LogP contribution in [-0.2, 0) is 11.4 Å². The lowest BCUT2D eigenvalue weighted by molar-refractivity contribution is -0.385. The first-order chi connectivity index (χ1) is 10.6. The van der Waals surface area contributed by atoms with E-state index < -0.39 is 10.8 Å². The second-order valence-corrected chi connectivity index (χ2v) is 4.39. The number of hydrogen-bond donors (Lipinski definition) is 1. The van der Waals surface area contributed by atoms with E-state index in [2.05, 4.69) is 5.16 Å². The summed E-state index contributed by atoms with van der Waals surface area (Å²) in [6.07, 6.45) is 1.29. The highest BCUT2D eigenvalue weighted by molar-refractivity contribution is 5.92. The van der Waals surface area contributed by atoms with Gasteiger partial charge >= 0.3 is 0 Å². The molecule has 0 unspecified atom stereocenters. The van der Waals surface area contributed by atoms with E-state index in [1.165, 1.54) is 12.3 Å². The van der Waals surface area contributed by atoms with Gasteiger partial charge in [-0.3, -0.25) is 14.9 Å². The van der Waals surface area contributed by atoms with Gasteiger partial charge < -0.3 is 10.6 Å². The van der Waals surface area contributed by atoms with Gasteiger partial charge in [-0.2, -0.15) is 0 Å². The molecular weight excluding hydrogens is 286 g/mol. The lowest BCUT2D eigenvalue weighted by Gasteiger charge is -2.01. The van der Waals surface area contributed by atoms with Gasteiger partial charge in [0.15, 0.2) is 0 Å². The van der Waals surface area contributed by atoms with Crippen molar-refractivity contribution >= 4 is 17.8 Å². The van der Waals surface area contributed by atoms with Crippen LogP contribution in [0.25, 0.3) is 0 Å². The molecular formula is C15H13N3O4. The van der Waals surface area contributed by atoms with Gasteiger partial charge in [-0.15, -0.1) is 0 Å². The largest absolute Gasteiger partial charge is 0.391 e. The molecule has 112 valence electrons. The summed E-state index contributed by atoms with van der Waals surface area (Å²) in [5.74, 6) is -0.498. The molecule has 0 aliphatic rings. The topological polar surface area (TPSA) is 108 Å². The van der Waals surface area contributed by atoms with Crippen LogP contribution in [0.5, 0.6) is 0 Å². The molecule has 0 heterocycles. The first-order valence-corrected chi connectivity index (χ1v) is 6.35. The number of nitrogens with two attached hydrogens (primary N) is 1. The van der Waals surface area contributed by atoms with Crippen molar-refractivity contribution in [2.24, 2.45) is 10.9 Å². The highest BCUT2D eigenvalue weighted by atomic mass is 16.6. The van der Waals surface area contributed by atoms with Crippen LogP contribution in [0.3, 0.4) is 0 Å². The molecule has 0 saturated heterocycles. The van der Waals surface area contributed by atoms with E-state index >= 15 is 0 Å². The predicted molar refractivity (Wildman–Crippen MR) is 80.4 cm³/mol. The molecule has 2 aromatic rings. The van der Waals surface area contributed by atoms with E-state index in [0.29, 0.717) is 11.1 Å². The van der Waals surface area contributed by atoms with E-state index in [-0.39, 0.29) is 12.3 Å². The number of carbonyl (C=O) groups is 1. The third-order valence-corrected chi connectivity index (χ3v) is 2.87. The lowest BCUT2D eigenvalue weighted by Crippen LogP contribution is -2.10. The summed E-state index contributed by atoms with van der Waals surface area (Å²) < 4.78 is 0. The maximum absolute atomic E-state index is 10.9. The zero-order chi connectivity index (χ0) is 15.9. The number of primary amides is 1. The van der Waals surface area contributed by atoms with Gasteiger partial charge in [-0.1, -0.05) is 29.4 Å². The molecule has 1 amide bonds. The molecule has 0 radical (unpaired) electrons. The lowest BCUT2D eigenvalue weighted by atomic mass is 10.1. The van der Waals surface area contributed by atoms with Gasteiger partial charge in [-0.05, 0) is 23.8 Å². The van der Waals surface area contributed by atoms with Crippen molar-refractivity contribution < 1.29 is 14.6 Å². The van der Waals surface area contributed by atoms with Gasteiger partial charge in [0, 0.05) is 11.6 Å². The summed E-state index contributed by atoms with van der Waals surface area (Å²) in [5, 5.41) is 14.5. The van der Waals surface area contributed by atoms with Crippen LogP contribution in [0, 0.1) is 10.1 Å². The molecule has 0 bridgehead atoms. The molecule has 0 aliphatic heterocycles. The molecule has 0 spiro atoms. The third kappa shape index (κ3) is 3.89. The number of nitrogens with zero attached hydrogens (tertiary/aromatic N) is 2. The van der Waals surface area contributed by atoms with Crippen molar-refractivity contribution in [2.45, 2.75) is 6.61 Å². The molecule has 2 rings (SSSR count). The Hall–Kier alpha value is -3.22. The molecule has 22 heavy (non-hydrogen) atoms. The smallest absolute Gasteiger partial charge is 0.278 e. The summed E-state index contributed by atoms with van der Waals surface area (Å²) in [4.78, 5) is 26.4. The van der Waals surface area contributed by atoms with Crippen molar-refractivity contribution in [3.8, 4) is 0 Å². The number of hydrogen-bond acceptors (Lipinski definition) is 5. The fraction of sp³-hybridized carbons (Fsp3) is 0.0667. The normalized spacial score (nSPS) is 10.5. The van der Waals surface area contributed by atoms with Gasteiger partial charge in [0.2, 0.25) is 5.91 Å². The number of nitro groups is 1. The Bertz CT molecular complexity index is 711. The van der Waals surface area contributed by atoms with Gasteiger partial charge in [0.25, 0.3) is 5.69 Å². The first-order valence-electron chi connectivity index (χ1n) is 6.35. The summed E-state index contributed by atoms with van der Waals surface area (Å²) in [5.41, 5.74) is 6.66. The second kappa shape index (κ2) is 6.98. The zero-order valence-electron chi connectivity index (χ0n) is 11.5. The second-order valence-electron chi connectivity index (χ2n) is 4.39.